The highest BCUT2D eigenvalue weighted by Gasteiger charge is 2.29. The Morgan fingerprint density at radius 1 is 1.35 bits per heavy atom. The molecule has 4 N–H and O–H groups in total. The number of aliphatic carboxylic acids is 1. The predicted octanol–water partition coefficient (Wildman–Crippen LogP) is 0.236. The van der Waals surface area contributed by atoms with E-state index in [4.69, 9.17) is 0 Å². The highest BCUT2D eigenvalue weighted by molar-refractivity contribution is 5.87. The minimum Gasteiger partial charge on any atom is -0.480 e. The van der Waals surface area contributed by atoms with Gasteiger partial charge in [0.25, 0.3) is 0 Å². The van der Waals surface area contributed by atoms with Crippen molar-refractivity contribution < 1.29 is 14.7 Å². The summed E-state index contributed by atoms with van der Waals surface area (Å²) < 4.78 is 0. The number of nitrogens with one attached hydrogen (secondary N) is 3. The number of amides is 1. The van der Waals surface area contributed by atoms with Crippen molar-refractivity contribution in [3.05, 3.63) is 53.6 Å². The molecule has 120 valence electrons. The van der Waals surface area contributed by atoms with Gasteiger partial charge in [0.1, 0.15) is 6.04 Å². The maximum atomic E-state index is 12.4. The Morgan fingerprint density at radius 3 is 2.87 bits per heavy atom. The summed E-state index contributed by atoms with van der Waals surface area (Å²) in [6.45, 7) is 0.518. The zero-order valence-electron chi connectivity index (χ0n) is 12.5. The number of hydrogen-bond acceptors (Lipinski definition) is 4. The molecule has 0 unspecified atom stereocenters. The monoisotopic (exact) mass is 314 g/mol. The van der Waals surface area contributed by atoms with E-state index in [0.29, 0.717) is 13.0 Å². The fourth-order valence-corrected chi connectivity index (χ4v) is 2.68. The molecule has 0 saturated heterocycles. The average molecular weight is 314 g/mol. The number of carboxylic acids is 1. The van der Waals surface area contributed by atoms with Crippen LogP contribution in [0.3, 0.4) is 0 Å². The number of fused-ring (bicyclic) bond motifs is 1. The Morgan fingerprint density at radius 2 is 2.13 bits per heavy atom. The van der Waals surface area contributed by atoms with Crippen molar-refractivity contribution in [2.45, 2.75) is 31.5 Å². The van der Waals surface area contributed by atoms with Crippen LogP contribution in [0.2, 0.25) is 0 Å². The third-order valence-corrected chi connectivity index (χ3v) is 3.94. The summed E-state index contributed by atoms with van der Waals surface area (Å²) in [6, 6.07) is 7.82. The summed E-state index contributed by atoms with van der Waals surface area (Å²) >= 11 is 0. The molecule has 7 heteroatoms. The van der Waals surface area contributed by atoms with Crippen LogP contribution in [0.4, 0.5) is 0 Å². The van der Waals surface area contributed by atoms with E-state index < -0.39 is 18.1 Å². The van der Waals surface area contributed by atoms with Crippen molar-refractivity contribution in [1.29, 1.82) is 0 Å². The number of carbonyl (C=O) groups excluding carboxylic acids is 1. The van der Waals surface area contributed by atoms with Crippen molar-refractivity contribution in [1.82, 2.24) is 20.6 Å². The van der Waals surface area contributed by atoms with Gasteiger partial charge in [-0.1, -0.05) is 30.3 Å². The second-order valence-electron chi connectivity index (χ2n) is 5.55. The fourth-order valence-electron chi connectivity index (χ4n) is 2.68. The number of H-pyrrole nitrogens is 1. The molecule has 0 saturated carbocycles. The lowest BCUT2D eigenvalue weighted by Gasteiger charge is -2.24. The summed E-state index contributed by atoms with van der Waals surface area (Å²) in [7, 11) is 0. The second kappa shape index (κ2) is 6.62. The second-order valence-corrected chi connectivity index (χ2v) is 5.55. The minimum absolute atomic E-state index is 0.252. The maximum absolute atomic E-state index is 12.4. The summed E-state index contributed by atoms with van der Waals surface area (Å²) in [5.41, 5.74) is 2.68. The van der Waals surface area contributed by atoms with Gasteiger partial charge in [-0.25, -0.2) is 9.78 Å². The zero-order chi connectivity index (χ0) is 16.2. The van der Waals surface area contributed by atoms with Gasteiger partial charge in [-0.2, -0.15) is 0 Å². The van der Waals surface area contributed by atoms with Crippen LogP contribution >= 0.6 is 0 Å². The molecule has 2 heterocycles. The van der Waals surface area contributed by atoms with Crippen LogP contribution in [0.1, 0.15) is 17.0 Å². The number of hydrogen-bond donors (Lipinski definition) is 4. The van der Waals surface area contributed by atoms with E-state index in [1.807, 2.05) is 30.3 Å². The molecule has 1 aliphatic rings. The van der Waals surface area contributed by atoms with Gasteiger partial charge in [-0.3, -0.25) is 10.1 Å². The van der Waals surface area contributed by atoms with E-state index in [-0.39, 0.29) is 12.3 Å². The molecule has 1 aromatic heterocycles. The van der Waals surface area contributed by atoms with Crippen molar-refractivity contribution in [3.63, 3.8) is 0 Å². The van der Waals surface area contributed by atoms with Crippen LogP contribution in [0.5, 0.6) is 0 Å². The van der Waals surface area contributed by atoms with Gasteiger partial charge in [0.05, 0.1) is 23.8 Å². The molecule has 0 aliphatic carbocycles. The van der Waals surface area contributed by atoms with E-state index >= 15 is 0 Å². The lowest BCUT2D eigenvalue weighted by atomic mass is 10.0. The lowest BCUT2D eigenvalue weighted by molar-refractivity contribution is -0.142. The Hall–Kier alpha value is -2.67. The molecule has 0 spiro atoms. The van der Waals surface area contributed by atoms with Gasteiger partial charge < -0.3 is 15.4 Å². The molecule has 0 bridgehead atoms. The molecule has 0 radical (unpaired) electrons. The average Bonchev–Trinajstić information content (AvgIpc) is 3.02. The Labute approximate surface area is 133 Å². The smallest absolute Gasteiger partial charge is 0.326 e. The first kappa shape index (κ1) is 15.2. The van der Waals surface area contributed by atoms with Crippen LogP contribution in [-0.4, -0.2) is 39.0 Å². The molecule has 3 rings (SSSR count). The van der Waals surface area contributed by atoms with E-state index in [1.165, 1.54) is 0 Å². The molecule has 0 fully saturated rings. The largest absolute Gasteiger partial charge is 0.480 e. The quantitative estimate of drug-likeness (QED) is 0.632. The Kier molecular flexibility index (Phi) is 4.38. The van der Waals surface area contributed by atoms with Gasteiger partial charge in [-0.15, -0.1) is 0 Å². The highest BCUT2D eigenvalue weighted by atomic mass is 16.4. The third-order valence-electron chi connectivity index (χ3n) is 3.94. The van der Waals surface area contributed by atoms with E-state index in [1.54, 1.807) is 6.33 Å². The number of carboxylic acid groups (broad SMARTS) is 1. The number of aromatic amines is 1. The van der Waals surface area contributed by atoms with Crippen molar-refractivity contribution in [3.8, 4) is 0 Å². The molecule has 1 aliphatic heterocycles. The molecular weight excluding hydrogens is 296 g/mol. The van der Waals surface area contributed by atoms with Gasteiger partial charge in [0, 0.05) is 19.4 Å². The number of aromatic nitrogens is 2. The van der Waals surface area contributed by atoms with Crippen LogP contribution in [0.25, 0.3) is 0 Å². The summed E-state index contributed by atoms with van der Waals surface area (Å²) in [6.07, 6.45) is 2.30. The zero-order valence-corrected chi connectivity index (χ0v) is 12.5. The van der Waals surface area contributed by atoms with E-state index in [0.717, 1.165) is 17.0 Å². The van der Waals surface area contributed by atoms with E-state index in [2.05, 4.69) is 20.6 Å². The topological polar surface area (TPSA) is 107 Å². The number of benzene rings is 1. The van der Waals surface area contributed by atoms with Crippen LogP contribution in [-0.2, 0) is 29.0 Å². The summed E-state index contributed by atoms with van der Waals surface area (Å²) in [5, 5.41) is 15.1. The van der Waals surface area contributed by atoms with Gasteiger partial charge in [-0.05, 0) is 5.56 Å². The molecule has 1 amide bonds. The number of imidazole rings is 1. The molecular formula is C16H18N4O3. The Balaban J connectivity index is 1.64. The number of carbonyl (C=O) groups is 2. The van der Waals surface area contributed by atoms with Crippen molar-refractivity contribution in [2.75, 3.05) is 0 Å². The lowest BCUT2D eigenvalue weighted by Crippen LogP contribution is -2.52. The normalized spacial score (nSPS) is 18.0. The van der Waals surface area contributed by atoms with Crippen LogP contribution < -0.4 is 10.6 Å². The summed E-state index contributed by atoms with van der Waals surface area (Å²) in [4.78, 5) is 31.0. The van der Waals surface area contributed by atoms with Gasteiger partial charge in [0.15, 0.2) is 0 Å². The Bertz CT molecular complexity index is 698. The maximum Gasteiger partial charge on any atom is 0.326 e. The molecule has 7 nitrogen and oxygen atoms in total. The van der Waals surface area contributed by atoms with Crippen molar-refractivity contribution in [2.24, 2.45) is 0 Å². The molecule has 2 aromatic rings. The minimum atomic E-state index is -1.04. The summed E-state index contributed by atoms with van der Waals surface area (Å²) in [5.74, 6) is -1.36. The van der Waals surface area contributed by atoms with Crippen LogP contribution in [0.15, 0.2) is 36.7 Å². The molecule has 2 atom stereocenters. The first-order valence-corrected chi connectivity index (χ1v) is 7.45. The molecule has 23 heavy (non-hydrogen) atoms. The standard InChI is InChI=1S/C16H18N4O3/c21-15(12-7-11-14(8-17-12)19-9-18-11)20-13(16(22)23)6-10-4-2-1-3-5-10/h1-5,9,12-13,17H,6-8H2,(H,18,19)(H,20,21)(H,22,23)/t12-,13-/m0/s1. The third kappa shape index (κ3) is 3.57. The number of rotatable bonds is 5. The molecule has 1 aromatic carbocycles. The predicted molar refractivity (Wildman–Crippen MR) is 82.6 cm³/mol. The van der Waals surface area contributed by atoms with Crippen LogP contribution in [0, 0.1) is 0 Å². The first-order valence-electron chi connectivity index (χ1n) is 7.45. The highest BCUT2D eigenvalue weighted by Crippen LogP contribution is 2.12. The first-order chi connectivity index (χ1) is 11.1. The fraction of sp³-hybridized carbons (Fsp3) is 0.312. The number of nitrogens with zero attached hydrogens (tertiary/aromatic N) is 1. The van der Waals surface area contributed by atoms with E-state index in [9.17, 15) is 14.7 Å². The SMILES string of the molecule is O=C(O)[C@H](Cc1ccccc1)NC(=O)[C@@H]1Cc2nc[nH]c2CN1. The van der Waals surface area contributed by atoms with Gasteiger partial charge >= 0.3 is 5.97 Å². The van der Waals surface area contributed by atoms with Gasteiger partial charge in [0.2, 0.25) is 5.91 Å². The van der Waals surface area contributed by atoms with Crippen molar-refractivity contribution >= 4 is 11.9 Å².